The molecular weight excluding hydrogens is 148 g/mol. The molecule has 1 aromatic heterocycles. The Morgan fingerprint density at radius 1 is 1.42 bits per heavy atom. The first-order chi connectivity index (χ1) is 5.75. The zero-order chi connectivity index (χ0) is 8.97. The molecule has 0 fully saturated rings. The van der Waals surface area contributed by atoms with E-state index in [9.17, 15) is 0 Å². The van der Waals surface area contributed by atoms with Gasteiger partial charge in [0.05, 0.1) is 11.4 Å². The van der Waals surface area contributed by atoms with E-state index in [2.05, 4.69) is 16.5 Å². The predicted octanol–water partition coefficient (Wildman–Crippen LogP) is 2.37. The molecule has 0 radical (unpaired) electrons. The Kier molecular flexibility index (Phi) is 2.75. The molecule has 12 heavy (non-hydrogen) atoms. The number of aromatic nitrogens is 2. The third kappa shape index (κ3) is 1.78. The van der Waals surface area contributed by atoms with E-state index >= 15 is 0 Å². The first-order valence-corrected chi connectivity index (χ1v) is 3.83. The average Bonchev–Trinajstić information content (AvgIpc) is 2.05. The summed E-state index contributed by atoms with van der Waals surface area (Å²) in [4.78, 5) is 8.36. The summed E-state index contributed by atoms with van der Waals surface area (Å²) in [6, 6.07) is 0. The molecule has 1 heterocycles. The van der Waals surface area contributed by atoms with Crippen LogP contribution in [-0.2, 0) is 0 Å². The monoisotopic (exact) mass is 160 g/mol. The standard InChI is InChI=1S/C10H12N2/c1-4-5-8(2)10-9(3)11-6-7-12-10/h4-7H,1H2,2-3H3/b8-5+. The average molecular weight is 160 g/mol. The van der Waals surface area contributed by atoms with E-state index in [1.54, 1.807) is 18.5 Å². The maximum absolute atomic E-state index is 4.22. The third-order valence-corrected chi connectivity index (χ3v) is 1.62. The summed E-state index contributed by atoms with van der Waals surface area (Å²) in [5.41, 5.74) is 2.99. The van der Waals surface area contributed by atoms with E-state index in [0.29, 0.717) is 0 Å². The molecule has 1 rings (SSSR count). The summed E-state index contributed by atoms with van der Waals surface area (Å²) in [5, 5.41) is 0. The van der Waals surface area contributed by atoms with Gasteiger partial charge in [-0.05, 0) is 19.4 Å². The SMILES string of the molecule is C=C/C=C(\C)c1nccnc1C. The van der Waals surface area contributed by atoms with Gasteiger partial charge in [0.15, 0.2) is 0 Å². The molecule has 0 saturated heterocycles. The van der Waals surface area contributed by atoms with Gasteiger partial charge in [-0.2, -0.15) is 0 Å². The van der Waals surface area contributed by atoms with Crippen LogP contribution >= 0.6 is 0 Å². The zero-order valence-electron chi connectivity index (χ0n) is 7.41. The molecule has 1 aromatic rings. The van der Waals surface area contributed by atoms with Crippen LogP contribution in [0.5, 0.6) is 0 Å². The van der Waals surface area contributed by atoms with Crippen molar-refractivity contribution in [2.45, 2.75) is 13.8 Å². The maximum atomic E-state index is 4.22. The minimum absolute atomic E-state index is 0.942. The lowest BCUT2D eigenvalue weighted by Crippen LogP contribution is -1.92. The molecule has 62 valence electrons. The van der Waals surface area contributed by atoms with Crippen molar-refractivity contribution >= 4 is 5.57 Å². The Hall–Kier alpha value is -1.44. The van der Waals surface area contributed by atoms with E-state index in [1.165, 1.54) is 0 Å². The summed E-state index contributed by atoms with van der Waals surface area (Å²) in [7, 11) is 0. The van der Waals surface area contributed by atoms with Gasteiger partial charge < -0.3 is 0 Å². The smallest absolute Gasteiger partial charge is 0.0871 e. The number of aryl methyl sites for hydroxylation is 1. The molecule has 0 aliphatic rings. The number of hydrogen-bond donors (Lipinski definition) is 0. The van der Waals surface area contributed by atoms with Crippen molar-refractivity contribution in [1.82, 2.24) is 9.97 Å². The fourth-order valence-electron chi connectivity index (χ4n) is 1.05. The van der Waals surface area contributed by atoms with Gasteiger partial charge in [-0.1, -0.05) is 18.7 Å². The Balaban J connectivity index is 3.10. The first kappa shape index (κ1) is 8.65. The van der Waals surface area contributed by atoms with E-state index in [-0.39, 0.29) is 0 Å². The van der Waals surface area contributed by atoms with Crippen molar-refractivity contribution in [3.05, 3.63) is 42.5 Å². The van der Waals surface area contributed by atoms with E-state index in [1.807, 2.05) is 19.9 Å². The molecule has 0 bridgehead atoms. The maximum Gasteiger partial charge on any atom is 0.0871 e. The molecule has 0 atom stereocenters. The van der Waals surface area contributed by atoms with Gasteiger partial charge >= 0.3 is 0 Å². The van der Waals surface area contributed by atoms with Gasteiger partial charge in [-0.25, -0.2) is 0 Å². The van der Waals surface area contributed by atoms with Gasteiger partial charge in [0.1, 0.15) is 0 Å². The number of hydrogen-bond acceptors (Lipinski definition) is 2. The van der Waals surface area contributed by atoms with Gasteiger partial charge in [0, 0.05) is 12.4 Å². The quantitative estimate of drug-likeness (QED) is 0.621. The largest absolute Gasteiger partial charge is 0.258 e. The molecule has 0 spiro atoms. The lowest BCUT2D eigenvalue weighted by atomic mass is 10.1. The Morgan fingerprint density at radius 2 is 2.08 bits per heavy atom. The second-order valence-electron chi connectivity index (χ2n) is 2.58. The molecule has 2 nitrogen and oxygen atoms in total. The number of allylic oxidation sites excluding steroid dienone is 3. The van der Waals surface area contributed by atoms with Crippen molar-refractivity contribution in [3.8, 4) is 0 Å². The Morgan fingerprint density at radius 3 is 2.67 bits per heavy atom. The molecule has 0 unspecified atom stereocenters. The van der Waals surface area contributed by atoms with Crippen LogP contribution < -0.4 is 0 Å². The first-order valence-electron chi connectivity index (χ1n) is 3.83. The molecular formula is C10H12N2. The topological polar surface area (TPSA) is 25.8 Å². The normalized spacial score (nSPS) is 11.3. The fraction of sp³-hybridized carbons (Fsp3) is 0.200. The van der Waals surface area contributed by atoms with Crippen molar-refractivity contribution in [2.24, 2.45) is 0 Å². The molecule has 0 aliphatic carbocycles. The van der Waals surface area contributed by atoms with Crippen molar-refractivity contribution < 1.29 is 0 Å². The van der Waals surface area contributed by atoms with Crippen LogP contribution in [0, 0.1) is 6.92 Å². The lowest BCUT2D eigenvalue weighted by Gasteiger charge is -2.01. The molecule has 2 heteroatoms. The van der Waals surface area contributed by atoms with E-state index in [0.717, 1.165) is 17.0 Å². The van der Waals surface area contributed by atoms with Crippen LogP contribution in [0.3, 0.4) is 0 Å². The van der Waals surface area contributed by atoms with Crippen LogP contribution in [0.2, 0.25) is 0 Å². The molecule has 0 aromatic carbocycles. The highest BCUT2D eigenvalue weighted by molar-refractivity contribution is 5.63. The number of rotatable bonds is 2. The number of nitrogens with zero attached hydrogens (tertiary/aromatic N) is 2. The van der Waals surface area contributed by atoms with Crippen LogP contribution in [0.15, 0.2) is 31.1 Å². The summed E-state index contributed by atoms with van der Waals surface area (Å²) in [5.74, 6) is 0. The van der Waals surface area contributed by atoms with Crippen LogP contribution in [0.25, 0.3) is 5.57 Å². The molecule has 0 N–H and O–H groups in total. The summed E-state index contributed by atoms with van der Waals surface area (Å²) in [6.07, 6.45) is 7.07. The van der Waals surface area contributed by atoms with E-state index < -0.39 is 0 Å². The van der Waals surface area contributed by atoms with Crippen molar-refractivity contribution in [3.63, 3.8) is 0 Å². The molecule has 0 amide bonds. The minimum atomic E-state index is 0.942. The Bertz CT molecular complexity index is 313. The highest BCUT2D eigenvalue weighted by Gasteiger charge is 1.99. The third-order valence-electron chi connectivity index (χ3n) is 1.62. The lowest BCUT2D eigenvalue weighted by molar-refractivity contribution is 1.09. The highest BCUT2D eigenvalue weighted by Crippen LogP contribution is 2.12. The molecule has 0 saturated carbocycles. The minimum Gasteiger partial charge on any atom is -0.258 e. The predicted molar refractivity (Wildman–Crippen MR) is 50.6 cm³/mol. The van der Waals surface area contributed by atoms with Crippen LogP contribution in [0.1, 0.15) is 18.3 Å². The van der Waals surface area contributed by atoms with Gasteiger partial charge in [0.25, 0.3) is 0 Å². The highest BCUT2D eigenvalue weighted by atomic mass is 14.8. The van der Waals surface area contributed by atoms with E-state index in [4.69, 9.17) is 0 Å². The Labute approximate surface area is 72.7 Å². The zero-order valence-corrected chi connectivity index (χ0v) is 7.41. The van der Waals surface area contributed by atoms with Crippen molar-refractivity contribution in [1.29, 1.82) is 0 Å². The van der Waals surface area contributed by atoms with Crippen molar-refractivity contribution in [2.75, 3.05) is 0 Å². The van der Waals surface area contributed by atoms with Gasteiger partial charge in [0.2, 0.25) is 0 Å². The van der Waals surface area contributed by atoms with Crippen LogP contribution in [-0.4, -0.2) is 9.97 Å². The summed E-state index contributed by atoms with van der Waals surface area (Å²) < 4.78 is 0. The van der Waals surface area contributed by atoms with Gasteiger partial charge in [-0.15, -0.1) is 0 Å². The second kappa shape index (κ2) is 3.81. The summed E-state index contributed by atoms with van der Waals surface area (Å²) in [6.45, 7) is 7.58. The van der Waals surface area contributed by atoms with Gasteiger partial charge in [-0.3, -0.25) is 9.97 Å². The molecule has 0 aliphatic heterocycles. The summed E-state index contributed by atoms with van der Waals surface area (Å²) >= 11 is 0. The second-order valence-corrected chi connectivity index (χ2v) is 2.58. The van der Waals surface area contributed by atoms with Crippen LogP contribution in [0.4, 0.5) is 0 Å². The fourth-order valence-corrected chi connectivity index (χ4v) is 1.05.